The number of hydrogen-bond donors (Lipinski definition) is 0. The van der Waals surface area contributed by atoms with Crippen molar-refractivity contribution in [3.8, 4) is 0 Å². The van der Waals surface area contributed by atoms with Crippen molar-refractivity contribution < 1.29 is 22.2 Å². The first-order valence-corrected chi connectivity index (χ1v) is 5.74. The fraction of sp³-hybridized carbons (Fsp3) is 0.214. The largest absolute Gasteiger partial charge is 2.00 e. The molecule has 0 aliphatic heterocycles. The fourth-order valence-corrected chi connectivity index (χ4v) is 1.46. The van der Waals surface area contributed by atoms with E-state index in [1.165, 1.54) is 0 Å². The molecule has 0 atom stereocenters. The van der Waals surface area contributed by atoms with Gasteiger partial charge in [-0.15, -0.1) is 5.76 Å². The molecule has 0 unspecified atom stereocenters. The van der Waals surface area contributed by atoms with Crippen molar-refractivity contribution in [2.24, 2.45) is 0 Å². The van der Waals surface area contributed by atoms with Crippen LogP contribution in [0.5, 0.6) is 0 Å². The minimum absolute atomic E-state index is 0. The van der Waals surface area contributed by atoms with Crippen LogP contribution in [0.4, 0.5) is 0 Å². The summed E-state index contributed by atoms with van der Waals surface area (Å²) in [4.78, 5) is 0. The standard InChI is InChI=1S/C9H11ClO.C5H5.Fe/c1-2-3-9(11)7-4-5-8(10)6-7;1-2-4-5-3-1;/h4-6,11H,2-3H2,1H3;1-5H;/q;-1;+2/p-1. The number of hydrogen-bond acceptors (Lipinski definition) is 1. The van der Waals surface area contributed by atoms with Gasteiger partial charge in [0.2, 0.25) is 0 Å². The van der Waals surface area contributed by atoms with Crippen LogP contribution in [0.2, 0.25) is 0 Å². The second-order valence-corrected chi connectivity index (χ2v) is 3.89. The molecule has 0 radical (unpaired) electrons. The molecule has 1 aromatic carbocycles. The molecule has 0 aromatic heterocycles. The van der Waals surface area contributed by atoms with E-state index in [1.807, 2.05) is 37.3 Å². The monoisotopic (exact) mass is 290 g/mol. The van der Waals surface area contributed by atoms with Gasteiger partial charge in [0.25, 0.3) is 0 Å². The van der Waals surface area contributed by atoms with Crippen LogP contribution in [-0.2, 0) is 17.1 Å². The Labute approximate surface area is 118 Å². The van der Waals surface area contributed by atoms with E-state index >= 15 is 0 Å². The van der Waals surface area contributed by atoms with Crippen LogP contribution >= 0.6 is 11.6 Å². The molecule has 2 rings (SSSR count). The van der Waals surface area contributed by atoms with Crippen molar-refractivity contribution in [3.63, 3.8) is 0 Å². The van der Waals surface area contributed by atoms with E-state index in [2.05, 4.69) is 0 Å². The Balaban J connectivity index is 0.000000360. The molecule has 1 aliphatic rings. The third kappa shape index (κ3) is 6.47. The zero-order chi connectivity index (χ0) is 11.8. The van der Waals surface area contributed by atoms with Gasteiger partial charge in [0.1, 0.15) is 0 Å². The molecule has 0 fully saturated rings. The zero-order valence-corrected chi connectivity index (χ0v) is 11.5. The predicted octanol–water partition coefficient (Wildman–Crippen LogP) is 3.50. The molecular weight excluding hydrogens is 275 g/mol. The molecule has 1 aromatic rings. The molecule has 1 nitrogen and oxygen atoms in total. The molecule has 0 saturated heterocycles. The van der Waals surface area contributed by atoms with Crippen molar-refractivity contribution >= 4 is 11.6 Å². The van der Waals surface area contributed by atoms with Gasteiger partial charge in [-0.25, -0.2) is 12.1 Å². The molecule has 17 heavy (non-hydrogen) atoms. The van der Waals surface area contributed by atoms with Gasteiger partial charge in [-0.1, -0.05) is 31.0 Å². The molecule has 0 spiro atoms. The first-order chi connectivity index (χ1) is 7.74. The summed E-state index contributed by atoms with van der Waals surface area (Å²) in [6, 6.07) is 10.0. The van der Waals surface area contributed by atoms with E-state index in [0.29, 0.717) is 11.5 Å². The van der Waals surface area contributed by atoms with Gasteiger partial charge in [-0.2, -0.15) is 18.2 Å². The molecule has 92 valence electrons. The maximum atomic E-state index is 11.2. The van der Waals surface area contributed by atoms with Crippen LogP contribution in [0.3, 0.4) is 0 Å². The third-order valence-electron chi connectivity index (χ3n) is 2.07. The topological polar surface area (TPSA) is 23.1 Å². The van der Waals surface area contributed by atoms with Gasteiger partial charge in [0.15, 0.2) is 0 Å². The summed E-state index contributed by atoms with van der Waals surface area (Å²) in [5.74, 6) is 0.180. The molecule has 0 heterocycles. The molecule has 0 saturated carbocycles. The summed E-state index contributed by atoms with van der Waals surface area (Å²) < 4.78 is 0. The summed E-state index contributed by atoms with van der Waals surface area (Å²) >= 11 is 5.65. The number of allylic oxidation sites excluding steroid dienone is 6. The third-order valence-corrected chi connectivity index (χ3v) is 2.31. The van der Waals surface area contributed by atoms with Crippen LogP contribution in [0.25, 0.3) is 0 Å². The van der Waals surface area contributed by atoms with E-state index in [9.17, 15) is 5.11 Å². The van der Waals surface area contributed by atoms with Crippen LogP contribution in [0, 0.1) is 0 Å². The predicted molar refractivity (Wildman–Crippen MR) is 67.0 cm³/mol. The molecule has 1 aliphatic carbocycles. The summed E-state index contributed by atoms with van der Waals surface area (Å²) in [5, 5.41) is 11.8. The van der Waals surface area contributed by atoms with Gasteiger partial charge < -0.3 is 5.11 Å². The Morgan fingerprint density at radius 1 is 1.29 bits per heavy atom. The van der Waals surface area contributed by atoms with Crippen molar-refractivity contribution in [2.75, 3.05) is 0 Å². The van der Waals surface area contributed by atoms with Gasteiger partial charge >= 0.3 is 17.1 Å². The minimum atomic E-state index is 0. The fourth-order valence-electron chi connectivity index (χ4n) is 1.28. The maximum Gasteiger partial charge on any atom is 2.00 e. The van der Waals surface area contributed by atoms with E-state index < -0.39 is 0 Å². The molecule has 0 N–H and O–H groups in total. The van der Waals surface area contributed by atoms with Crippen LogP contribution in [0.15, 0.2) is 64.9 Å². The average Bonchev–Trinajstić information content (AvgIpc) is 2.90. The summed E-state index contributed by atoms with van der Waals surface area (Å²) in [5.41, 5.74) is 0.733. The molecule has 3 heteroatoms. The van der Waals surface area contributed by atoms with Gasteiger partial charge in [0, 0.05) is 5.03 Å². The Bertz CT molecular complexity index is 371. The quantitative estimate of drug-likeness (QED) is 0.464. The first kappa shape index (κ1) is 16.2. The van der Waals surface area contributed by atoms with Crippen LogP contribution < -0.4 is 5.11 Å². The second kappa shape index (κ2) is 9.23. The average molecular weight is 291 g/mol. The Morgan fingerprint density at radius 2 is 1.94 bits per heavy atom. The maximum absolute atomic E-state index is 11.2. The Kier molecular flexibility index (Phi) is 8.79. The van der Waals surface area contributed by atoms with E-state index in [0.717, 1.165) is 12.0 Å². The van der Waals surface area contributed by atoms with Crippen molar-refractivity contribution in [1.82, 2.24) is 0 Å². The molecule has 0 amide bonds. The first-order valence-electron chi connectivity index (χ1n) is 5.36. The van der Waals surface area contributed by atoms with Crippen molar-refractivity contribution in [2.45, 2.75) is 19.8 Å². The Morgan fingerprint density at radius 3 is 2.29 bits per heavy atom. The van der Waals surface area contributed by atoms with Crippen molar-refractivity contribution in [3.05, 3.63) is 64.9 Å². The zero-order valence-electron chi connectivity index (χ0n) is 9.67. The summed E-state index contributed by atoms with van der Waals surface area (Å²) in [6.07, 6.45) is 6.71. The van der Waals surface area contributed by atoms with Crippen LogP contribution in [0.1, 0.15) is 19.8 Å². The summed E-state index contributed by atoms with van der Waals surface area (Å²) in [7, 11) is 0. The van der Waals surface area contributed by atoms with E-state index in [-0.39, 0.29) is 22.8 Å². The second-order valence-electron chi connectivity index (χ2n) is 3.45. The number of rotatable bonds is 2. The van der Waals surface area contributed by atoms with Gasteiger partial charge in [-0.3, -0.25) is 0 Å². The van der Waals surface area contributed by atoms with Crippen LogP contribution in [-0.4, -0.2) is 0 Å². The molecule has 0 bridgehead atoms. The van der Waals surface area contributed by atoms with Gasteiger partial charge in [-0.05, 0) is 24.1 Å². The van der Waals surface area contributed by atoms with E-state index in [4.69, 9.17) is 11.6 Å². The Hall–Kier alpha value is -0.821. The SMILES string of the molecule is CCCC([O-])=C1C=CC(Cl)=C1.[Fe+2].c1cc[cH-]c1. The smallest absolute Gasteiger partial charge is 0.875 e. The van der Waals surface area contributed by atoms with Crippen molar-refractivity contribution in [1.29, 1.82) is 0 Å². The number of halogens is 1. The van der Waals surface area contributed by atoms with Gasteiger partial charge in [0.05, 0.1) is 0 Å². The summed E-state index contributed by atoms with van der Waals surface area (Å²) in [6.45, 7) is 1.99. The molecular formula is C14H15ClFeO. The van der Waals surface area contributed by atoms with E-state index in [1.54, 1.807) is 18.2 Å². The normalized spacial score (nSPS) is 15.5. The minimum Gasteiger partial charge on any atom is -0.875 e.